The summed E-state index contributed by atoms with van der Waals surface area (Å²) in [5.41, 5.74) is 3.22. The molecular formula is C21H24N4O2. The van der Waals surface area contributed by atoms with Gasteiger partial charge in [-0.3, -0.25) is 0 Å². The second kappa shape index (κ2) is 8.03. The van der Waals surface area contributed by atoms with Crippen LogP contribution in [0.15, 0.2) is 54.9 Å². The number of para-hydroxylation sites is 1. The quantitative estimate of drug-likeness (QED) is 0.694. The van der Waals surface area contributed by atoms with E-state index in [-0.39, 0.29) is 11.4 Å². The van der Waals surface area contributed by atoms with Crippen molar-refractivity contribution in [3.8, 4) is 11.8 Å². The number of methoxy groups -OCH3 is 1. The first-order valence-electron chi connectivity index (χ1n) is 8.77. The van der Waals surface area contributed by atoms with E-state index in [1.165, 1.54) is 11.9 Å². The minimum absolute atomic E-state index is 0.116. The van der Waals surface area contributed by atoms with Gasteiger partial charge in [0.2, 0.25) is 5.95 Å². The highest BCUT2D eigenvalue weighted by Crippen LogP contribution is 2.24. The van der Waals surface area contributed by atoms with Gasteiger partial charge in [-0.05, 0) is 29.2 Å². The molecule has 0 saturated carbocycles. The zero-order valence-electron chi connectivity index (χ0n) is 16.1. The minimum Gasteiger partial charge on any atom is -0.496 e. The molecule has 1 N–H and O–H groups in total. The Labute approximate surface area is 159 Å². The van der Waals surface area contributed by atoms with Crippen molar-refractivity contribution in [3.05, 3.63) is 66.0 Å². The number of hydrogen-bond acceptors (Lipinski definition) is 6. The Morgan fingerprint density at radius 1 is 0.963 bits per heavy atom. The van der Waals surface area contributed by atoms with Gasteiger partial charge in [-0.25, -0.2) is 4.98 Å². The van der Waals surface area contributed by atoms with Crippen LogP contribution in [0.2, 0.25) is 0 Å². The third-order valence-electron chi connectivity index (χ3n) is 4.11. The largest absolute Gasteiger partial charge is 0.496 e. The normalized spacial score (nSPS) is 11.1. The van der Waals surface area contributed by atoms with E-state index in [9.17, 15) is 0 Å². The van der Waals surface area contributed by atoms with Gasteiger partial charge in [0.05, 0.1) is 7.11 Å². The van der Waals surface area contributed by atoms with Crippen molar-refractivity contribution in [2.75, 3.05) is 12.4 Å². The molecule has 0 atom stereocenters. The van der Waals surface area contributed by atoms with E-state index in [2.05, 4.69) is 53.2 Å². The average molecular weight is 364 g/mol. The number of ether oxygens (including phenoxy) is 2. The Morgan fingerprint density at radius 2 is 1.70 bits per heavy atom. The second-order valence-electron chi connectivity index (χ2n) is 7.14. The topological polar surface area (TPSA) is 69.2 Å². The van der Waals surface area contributed by atoms with Crippen molar-refractivity contribution < 1.29 is 9.47 Å². The zero-order chi connectivity index (χ0) is 19.3. The van der Waals surface area contributed by atoms with Crippen molar-refractivity contribution in [3.63, 3.8) is 0 Å². The maximum absolute atomic E-state index is 5.69. The third kappa shape index (κ3) is 4.94. The van der Waals surface area contributed by atoms with Crippen LogP contribution in [0.5, 0.6) is 11.8 Å². The monoisotopic (exact) mass is 364 g/mol. The molecule has 1 heterocycles. The van der Waals surface area contributed by atoms with Crippen LogP contribution in [-0.4, -0.2) is 22.1 Å². The molecule has 0 aliphatic carbocycles. The van der Waals surface area contributed by atoms with Crippen LogP contribution in [0.4, 0.5) is 11.6 Å². The number of nitrogens with one attached hydrogen (secondary N) is 1. The SMILES string of the molecule is COc1ccccc1COc1ncnc(Nc2ccc(C(C)(C)C)cc2)n1. The molecule has 0 aliphatic heterocycles. The molecule has 0 saturated heterocycles. The van der Waals surface area contributed by atoms with Crippen LogP contribution >= 0.6 is 0 Å². The minimum atomic E-state index is 0.116. The van der Waals surface area contributed by atoms with Crippen molar-refractivity contribution in [2.24, 2.45) is 0 Å². The summed E-state index contributed by atoms with van der Waals surface area (Å²) < 4.78 is 11.0. The molecule has 0 bridgehead atoms. The summed E-state index contributed by atoms with van der Waals surface area (Å²) >= 11 is 0. The first-order valence-corrected chi connectivity index (χ1v) is 8.77. The van der Waals surface area contributed by atoms with Gasteiger partial charge in [0, 0.05) is 11.3 Å². The number of anilines is 2. The Bertz CT molecular complexity index is 889. The van der Waals surface area contributed by atoms with Gasteiger partial charge in [0.25, 0.3) is 0 Å². The van der Waals surface area contributed by atoms with E-state index in [1.54, 1.807) is 7.11 Å². The second-order valence-corrected chi connectivity index (χ2v) is 7.14. The molecule has 6 heteroatoms. The molecule has 1 aromatic heterocycles. The Morgan fingerprint density at radius 3 is 2.41 bits per heavy atom. The Kier molecular flexibility index (Phi) is 5.54. The number of hydrogen-bond donors (Lipinski definition) is 1. The van der Waals surface area contributed by atoms with Crippen LogP contribution in [-0.2, 0) is 12.0 Å². The summed E-state index contributed by atoms with van der Waals surface area (Å²) in [5, 5.41) is 3.18. The molecule has 2 aromatic carbocycles. The van der Waals surface area contributed by atoms with E-state index >= 15 is 0 Å². The predicted octanol–water partition coefficient (Wildman–Crippen LogP) is 4.50. The molecule has 0 aliphatic rings. The first kappa shape index (κ1) is 18.6. The summed E-state index contributed by atoms with van der Waals surface area (Å²) in [6.07, 6.45) is 1.43. The van der Waals surface area contributed by atoms with Gasteiger partial charge in [-0.1, -0.05) is 51.1 Å². The van der Waals surface area contributed by atoms with Gasteiger partial charge in [0.15, 0.2) is 0 Å². The van der Waals surface area contributed by atoms with Gasteiger partial charge < -0.3 is 14.8 Å². The van der Waals surface area contributed by atoms with Crippen molar-refractivity contribution >= 4 is 11.6 Å². The summed E-state index contributed by atoms with van der Waals surface area (Å²) in [7, 11) is 1.63. The van der Waals surface area contributed by atoms with Gasteiger partial charge in [0.1, 0.15) is 18.7 Å². The van der Waals surface area contributed by atoms with E-state index in [4.69, 9.17) is 9.47 Å². The predicted molar refractivity (Wildman–Crippen MR) is 106 cm³/mol. The lowest BCUT2D eigenvalue weighted by Crippen LogP contribution is -2.10. The van der Waals surface area contributed by atoms with Crippen molar-refractivity contribution in [1.82, 2.24) is 15.0 Å². The fourth-order valence-electron chi connectivity index (χ4n) is 2.56. The van der Waals surface area contributed by atoms with E-state index < -0.39 is 0 Å². The molecule has 0 radical (unpaired) electrons. The Balaban J connectivity index is 1.67. The first-order chi connectivity index (χ1) is 13.0. The van der Waals surface area contributed by atoms with Gasteiger partial charge in [-0.15, -0.1) is 0 Å². The molecule has 3 rings (SSSR count). The van der Waals surface area contributed by atoms with Crippen LogP contribution in [0.1, 0.15) is 31.9 Å². The lowest BCUT2D eigenvalue weighted by molar-refractivity contribution is 0.273. The molecule has 0 amide bonds. The Hall–Kier alpha value is -3.15. The summed E-state index contributed by atoms with van der Waals surface area (Å²) in [6, 6.07) is 16.2. The highest BCUT2D eigenvalue weighted by molar-refractivity contribution is 5.54. The molecule has 0 spiro atoms. The van der Waals surface area contributed by atoms with Crippen LogP contribution in [0.25, 0.3) is 0 Å². The lowest BCUT2D eigenvalue weighted by Gasteiger charge is -2.19. The summed E-state index contributed by atoms with van der Waals surface area (Å²) in [5.74, 6) is 1.20. The zero-order valence-corrected chi connectivity index (χ0v) is 16.1. The highest BCUT2D eigenvalue weighted by atomic mass is 16.5. The maximum atomic E-state index is 5.69. The molecule has 0 unspecified atom stereocenters. The molecule has 6 nitrogen and oxygen atoms in total. The van der Waals surface area contributed by atoms with Crippen LogP contribution < -0.4 is 14.8 Å². The van der Waals surface area contributed by atoms with Crippen LogP contribution in [0, 0.1) is 0 Å². The number of aromatic nitrogens is 3. The van der Waals surface area contributed by atoms with Crippen molar-refractivity contribution in [1.29, 1.82) is 0 Å². The summed E-state index contributed by atoms with van der Waals surface area (Å²) in [6.45, 7) is 6.88. The smallest absolute Gasteiger partial charge is 0.321 e. The van der Waals surface area contributed by atoms with Gasteiger partial charge in [-0.2, -0.15) is 9.97 Å². The highest BCUT2D eigenvalue weighted by Gasteiger charge is 2.13. The number of nitrogens with zero attached hydrogens (tertiary/aromatic N) is 3. The van der Waals surface area contributed by atoms with Crippen LogP contribution in [0.3, 0.4) is 0 Å². The molecule has 0 fully saturated rings. The lowest BCUT2D eigenvalue weighted by atomic mass is 9.87. The molecule has 3 aromatic rings. The van der Waals surface area contributed by atoms with E-state index in [1.807, 2.05) is 36.4 Å². The molecule has 140 valence electrons. The van der Waals surface area contributed by atoms with Gasteiger partial charge >= 0.3 is 6.01 Å². The van der Waals surface area contributed by atoms with E-state index in [0.29, 0.717) is 12.6 Å². The number of rotatable bonds is 6. The van der Waals surface area contributed by atoms with Crippen molar-refractivity contribution in [2.45, 2.75) is 32.8 Å². The molecular weight excluding hydrogens is 340 g/mol. The molecule has 27 heavy (non-hydrogen) atoms. The number of benzene rings is 2. The maximum Gasteiger partial charge on any atom is 0.321 e. The average Bonchev–Trinajstić information content (AvgIpc) is 2.66. The fraction of sp³-hybridized carbons (Fsp3) is 0.286. The standard InChI is InChI=1S/C21H24N4O2/c1-21(2,3)16-9-11-17(12-10-16)24-19-22-14-23-20(25-19)27-13-15-7-5-6-8-18(15)26-4/h5-12,14H,13H2,1-4H3,(H,22,23,24,25). The van der Waals surface area contributed by atoms with E-state index in [0.717, 1.165) is 17.0 Å². The fourth-order valence-corrected chi connectivity index (χ4v) is 2.56. The third-order valence-corrected chi connectivity index (χ3v) is 4.11. The summed E-state index contributed by atoms with van der Waals surface area (Å²) in [4.78, 5) is 12.5.